The molecule has 1 atom stereocenters. The zero-order valence-electron chi connectivity index (χ0n) is 20.2. The zero-order valence-corrected chi connectivity index (χ0v) is 21.7. The first-order valence-electron chi connectivity index (χ1n) is 11.4. The minimum absolute atomic E-state index is 0.114. The molecule has 0 spiro atoms. The van der Waals surface area contributed by atoms with E-state index in [1.165, 1.54) is 0 Å². The average Bonchev–Trinajstić information content (AvgIpc) is 2.76. The number of nitrogens with zero attached hydrogens (tertiary/aromatic N) is 2. The fourth-order valence-electron chi connectivity index (χ4n) is 3.95. The van der Waals surface area contributed by atoms with Crippen molar-refractivity contribution in [3.8, 4) is 0 Å². The van der Waals surface area contributed by atoms with Crippen LogP contribution >= 0.6 is 15.9 Å². The van der Waals surface area contributed by atoms with Crippen LogP contribution in [0.25, 0.3) is 0 Å². The van der Waals surface area contributed by atoms with Crippen molar-refractivity contribution in [3.63, 3.8) is 0 Å². The van der Waals surface area contributed by atoms with Gasteiger partial charge in [-0.3, -0.25) is 4.98 Å². The lowest BCUT2D eigenvalue weighted by molar-refractivity contribution is -0.168. The van der Waals surface area contributed by atoms with E-state index in [9.17, 15) is 9.18 Å². The van der Waals surface area contributed by atoms with Gasteiger partial charge in [0.05, 0.1) is 21.5 Å². The summed E-state index contributed by atoms with van der Waals surface area (Å²) in [6, 6.07) is 9.47. The highest BCUT2D eigenvalue weighted by Gasteiger charge is 2.37. The number of carbonyl (C=O) groups excluding carboxylic acids is 1. The fourth-order valence-corrected chi connectivity index (χ4v) is 4.52. The molecule has 33 heavy (non-hydrogen) atoms. The first-order chi connectivity index (χ1) is 15.5. The van der Waals surface area contributed by atoms with Crippen molar-refractivity contribution in [2.45, 2.75) is 72.4 Å². The number of alkyl halides is 1. The van der Waals surface area contributed by atoms with E-state index in [0.29, 0.717) is 10.0 Å². The minimum atomic E-state index is -1.10. The minimum Gasteiger partial charge on any atom is -0.459 e. The number of rotatable bonds is 7. The molecule has 0 saturated carbocycles. The van der Waals surface area contributed by atoms with Crippen molar-refractivity contribution in [2.24, 2.45) is 5.41 Å². The van der Waals surface area contributed by atoms with Crippen LogP contribution in [-0.4, -0.2) is 29.6 Å². The molecule has 1 aliphatic heterocycles. The van der Waals surface area contributed by atoms with Gasteiger partial charge in [-0.05, 0) is 60.5 Å². The molecule has 180 valence electrons. The standard InChI is InChI=1S/C26H34BrFN2O3/c1-25(2,3)33-23(24(31)32-17-18-9-7-6-8-10-18)21-20(15-28)29-16-19(27)22(21)30-13-11-26(4,5)12-14-30/h6-10,16,23H,11-15,17H2,1-5H3/t23-/m0/s1. The van der Waals surface area contributed by atoms with E-state index in [4.69, 9.17) is 9.47 Å². The molecule has 0 amide bonds. The lowest BCUT2D eigenvalue weighted by Gasteiger charge is -2.40. The van der Waals surface area contributed by atoms with Crippen LogP contribution in [0.4, 0.5) is 10.1 Å². The monoisotopic (exact) mass is 520 g/mol. The number of benzene rings is 1. The van der Waals surface area contributed by atoms with Crippen molar-refractivity contribution in [3.05, 3.63) is 57.8 Å². The molecular formula is C26H34BrFN2O3. The maximum Gasteiger partial charge on any atom is 0.340 e. The summed E-state index contributed by atoms with van der Waals surface area (Å²) >= 11 is 3.61. The number of ether oxygens (including phenoxy) is 2. The first-order valence-corrected chi connectivity index (χ1v) is 12.2. The summed E-state index contributed by atoms with van der Waals surface area (Å²) < 4.78 is 26.8. The van der Waals surface area contributed by atoms with Crippen molar-refractivity contribution in [1.29, 1.82) is 0 Å². The molecule has 0 aliphatic carbocycles. The molecule has 1 aromatic carbocycles. The summed E-state index contributed by atoms with van der Waals surface area (Å²) in [4.78, 5) is 19.9. The van der Waals surface area contributed by atoms with Crippen LogP contribution in [0.1, 0.15) is 70.4 Å². The SMILES string of the molecule is CC1(C)CCN(c2c(Br)cnc(CF)c2[C@H](OC(C)(C)C)C(=O)OCc2ccccc2)CC1. The smallest absolute Gasteiger partial charge is 0.340 e. The van der Waals surface area contributed by atoms with Crippen molar-refractivity contribution < 1.29 is 18.7 Å². The van der Waals surface area contributed by atoms with E-state index in [0.717, 1.165) is 37.2 Å². The number of halogens is 2. The van der Waals surface area contributed by atoms with Gasteiger partial charge in [0.1, 0.15) is 13.3 Å². The number of esters is 1. The quantitative estimate of drug-likeness (QED) is 0.388. The van der Waals surface area contributed by atoms with Crippen LogP contribution in [0.15, 0.2) is 41.0 Å². The van der Waals surface area contributed by atoms with Crippen LogP contribution in [0.2, 0.25) is 0 Å². The second-order valence-electron chi connectivity index (χ2n) is 10.3. The Balaban J connectivity index is 2.01. The fraction of sp³-hybridized carbons (Fsp3) is 0.538. The number of piperidine rings is 1. The highest BCUT2D eigenvalue weighted by Crippen LogP contribution is 2.42. The molecule has 1 fully saturated rings. The normalized spacial score (nSPS) is 17.0. The molecule has 1 saturated heterocycles. The topological polar surface area (TPSA) is 51.7 Å². The Morgan fingerprint density at radius 2 is 1.85 bits per heavy atom. The number of anilines is 1. The van der Waals surface area contributed by atoms with Gasteiger partial charge in [0.25, 0.3) is 0 Å². The number of hydrogen-bond acceptors (Lipinski definition) is 5. The van der Waals surface area contributed by atoms with E-state index in [1.807, 2.05) is 51.1 Å². The van der Waals surface area contributed by atoms with Crippen LogP contribution in [-0.2, 0) is 27.5 Å². The third-order valence-corrected chi connectivity index (χ3v) is 6.44. The summed E-state index contributed by atoms with van der Waals surface area (Å²) in [5, 5.41) is 0. The molecule has 2 aromatic rings. The van der Waals surface area contributed by atoms with Gasteiger partial charge in [-0.2, -0.15) is 0 Å². The number of carbonyl (C=O) groups is 1. The zero-order chi connectivity index (χ0) is 24.2. The Hall–Kier alpha value is -1.99. The summed E-state index contributed by atoms with van der Waals surface area (Å²) in [5.41, 5.74) is 1.86. The van der Waals surface area contributed by atoms with E-state index >= 15 is 0 Å². The average molecular weight is 521 g/mol. The lowest BCUT2D eigenvalue weighted by Crippen LogP contribution is -2.39. The summed E-state index contributed by atoms with van der Waals surface area (Å²) in [6.45, 7) is 11.0. The number of pyridine rings is 1. The van der Waals surface area contributed by atoms with Crippen LogP contribution in [0.3, 0.4) is 0 Å². The predicted molar refractivity (Wildman–Crippen MR) is 132 cm³/mol. The Kier molecular flexibility index (Phi) is 8.17. The maximum absolute atomic E-state index is 14.2. The maximum atomic E-state index is 14.2. The van der Waals surface area contributed by atoms with Crippen LogP contribution in [0, 0.1) is 5.41 Å². The third kappa shape index (κ3) is 6.76. The summed E-state index contributed by atoms with van der Waals surface area (Å²) in [5.74, 6) is -0.554. The van der Waals surface area contributed by atoms with Crippen molar-refractivity contribution >= 4 is 27.6 Å². The highest BCUT2D eigenvalue weighted by atomic mass is 79.9. The molecule has 3 rings (SSSR count). The van der Waals surface area contributed by atoms with Crippen molar-refractivity contribution in [1.82, 2.24) is 4.98 Å². The molecule has 5 nitrogen and oxygen atoms in total. The van der Waals surface area contributed by atoms with Gasteiger partial charge in [0.2, 0.25) is 0 Å². The van der Waals surface area contributed by atoms with Gasteiger partial charge in [0.15, 0.2) is 6.10 Å². The van der Waals surface area contributed by atoms with E-state index < -0.39 is 24.3 Å². The van der Waals surface area contributed by atoms with Gasteiger partial charge in [0, 0.05) is 24.8 Å². The molecule has 0 unspecified atom stereocenters. The van der Waals surface area contributed by atoms with Crippen LogP contribution < -0.4 is 4.90 Å². The molecule has 0 bridgehead atoms. The number of aromatic nitrogens is 1. The molecular weight excluding hydrogens is 487 g/mol. The number of hydrogen-bond donors (Lipinski definition) is 0. The van der Waals surface area contributed by atoms with Crippen LogP contribution in [0.5, 0.6) is 0 Å². The Labute approximate surface area is 204 Å². The highest BCUT2D eigenvalue weighted by molar-refractivity contribution is 9.10. The lowest BCUT2D eigenvalue weighted by atomic mass is 9.82. The molecule has 1 aromatic heterocycles. The molecule has 2 heterocycles. The van der Waals surface area contributed by atoms with E-state index in [1.54, 1.807) is 6.20 Å². The van der Waals surface area contributed by atoms with Crippen molar-refractivity contribution in [2.75, 3.05) is 18.0 Å². The molecule has 1 aliphatic rings. The Bertz CT molecular complexity index is 950. The molecule has 0 N–H and O–H groups in total. The van der Waals surface area contributed by atoms with Gasteiger partial charge in [-0.25, -0.2) is 9.18 Å². The second-order valence-corrected chi connectivity index (χ2v) is 11.2. The van der Waals surface area contributed by atoms with Gasteiger partial charge in [-0.15, -0.1) is 0 Å². The Morgan fingerprint density at radius 3 is 2.42 bits per heavy atom. The van der Waals surface area contributed by atoms with Gasteiger partial charge in [-0.1, -0.05) is 44.2 Å². The molecule has 7 heteroatoms. The molecule has 0 radical (unpaired) electrons. The largest absolute Gasteiger partial charge is 0.459 e. The van der Waals surface area contributed by atoms with Gasteiger partial charge >= 0.3 is 5.97 Å². The third-order valence-electron chi connectivity index (χ3n) is 5.86. The van der Waals surface area contributed by atoms with E-state index in [2.05, 4.69) is 39.7 Å². The Morgan fingerprint density at radius 1 is 1.21 bits per heavy atom. The van der Waals surface area contributed by atoms with Gasteiger partial charge < -0.3 is 14.4 Å². The van der Waals surface area contributed by atoms with E-state index in [-0.39, 0.29) is 17.7 Å². The summed E-state index contributed by atoms with van der Waals surface area (Å²) in [6.07, 6.45) is 2.50. The second kappa shape index (κ2) is 10.5. The first kappa shape index (κ1) is 25.6. The predicted octanol–water partition coefficient (Wildman–Crippen LogP) is 6.54. The summed E-state index contributed by atoms with van der Waals surface area (Å²) in [7, 11) is 0.